The third-order valence-corrected chi connectivity index (χ3v) is 4.45. The van der Waals surface area contributed by atoms with Gasteiger partial charge in [-0.3, -0.25) is 10.1 Å². The summed E-state index contributed by atoms with van der Waals surface area (Å²) in [4.78, 5) is 22.3. The van der Waals surface area contributed by atoms with Crippen molar-refractivity contribution in [3.63, 3.8) is 0 Å². The van der Waals surface area contributed by atoms with E-state index >= 15 is 0 Å². The standard InChI is InChI=1S/C21H16BrNO5/c22-18-7-11-20(12-8-18)27-13-15-1-5-17(6-2-15)21(24)28-14-16-3-9-19(10-4-16)23(25)26/h1-12H,13-14H2. The smallest absolute Gasteiger partial charge is 0.338 e. The number of esters is 1. The lowest BCUT2D eigenvalue weighted by atomic mass is 10.1. The van der Waals surface area contributed by atoms with E-state index in [0.717, 1.165) is 15.8 Å². The first-order valence-corrected chi connectivity index (χ1v) is 9.18. The second kappa shape index (κ2) is 9.14. The minimum Gasteiger partial charge on any atom is -0.489 e. The molecule has 0 amide bonds. The number of nitro groups is 1. The maximum Gasteiger partial charge on any atom is 0.338 e. The summed E-state index contributed by atoms with van der Waals surface area (Å²) in [6, 6.07) is 20.4. The fourth-order valence-electron chi connectivity index (χ4n) is 2.38. The third kappa shape index (κ3) is 5.40. The maximum absolute atomic E-state index is 12.1. The predicted molar refractivity (Wildman–Crippen MR) is 107 cm³/mol. The van der Waals surface area contributed by atoms with Gasteiger partial charge in [-0.2, -0.15) is 0 Å². The Morgan fingerprint density at radius 2 is 1.43 bits per heavy atom. The average Bonchev–Trinajstić information content (AvgIpc) is 2.72. The Hall–Kier alpha value is -3.19. The minimum atomic E-state index is -0.474. The van der Waals surface area contributed by atoms with Crippen LogP contribution in [-0.2, 0) is 18.0 Å². The molecule has 0 aliphatic heterocycles. The molecular weight excluding hydrogens is 426 g/mol. The van der Waals surface area contributed by atoms with Gasteiger partial charge in [0, 0.05) is 16.6 Å². The molecule has 0 fully saturated rings. The summed E-state index contributed by atoms with van der Waals surface area (Å²) in [6.07, 6.45) is 0. The van der Waals surface area contributed by atoms with Gasteiger partial charge in [0.15, 0.2) is 0 Å². The van der Waals surface area contributed by atoms with Gasteiger partial charge in [-0.05, 0) is 59.7 Å². The monoisotopic (exact) mass is 441 g/mol. The molecule has 0 spiro atoms. The summed E-state index contributed by atoms with van der Waals surface area (Å²) in [7, 11) is 0. The number of carbonyl (C=O) groups excluding carboxylic acids is 1. The Bertz CT molecular complexity index is 954. The molecule has 0 aromatic heterocycles. The van der Waals surface area contributed by atoms with Gasteiger partial charge in [-0.25, -0.2) is 4.79 Å². The summed E-state index contributed by atoms with van der Waals surface area (Å²) in [5.74, 6) is 0.300. The van der Waals surface area contributed by atoms with E-state index < -0.39 is 10.9 Å². The van der Waals surface area contributed by atoms with Crippen LogP contribution in [0.2, 0.25) is 0 Å². The highest BCUT2D eigenvalue weighted by Gasteiger charge is 2.09. The van der Waals surface area contributed by atoms with Crippen molar-refractivity contribution in [3.05, 3.63) is 104 Å². The van der Waals surface area contributed by atoms with E-state index in [9.17, 15) is 14.9 Å². The van der Waals surface area contributed by atoms with Gasteiger partial charge >= 0.3 is 5.97 Å². The Balaban J connectivity index is 1.51. The van der Waals surface area contributed by atoms with Crippen LogP contribution in [0.3, 0.4) is 0 Å². The molecule has 3 aromatic carbocycles. The summed E-state index contributed by atoms with van der Waals surface area (Å²) in [5, 5.41) is 10.6. The molecule has 0 radical (unpaired) electrons. The number of benzene rings is 3. The van der Waals surface area contributed by atoms with Gasteiger partial charge in [0.05, 0.1) is 10.5 Å². The highest BCUT2D eigenvalue weighted by atomic mass is 79.9. The Morgan fingerprint density at radius 1 is 0.857 bits per heavy atom. The van der Waals surface area contributed by atoms with Crippen molar-refractivity contribution in [2.24, 2.45) is 0 Å². The first-order valence-electron chi connectivity index (χ1n) is 8.39. The van der Waals surface area contributed by atoms with E-state index in [1.807, 2.05) is 24.3 Å². The Labute approximate surface area is 170 Å². The zero-order chi connectivity index (χ0) is 19.9. The van der Waals surface area contributed by atoms with Crippen molar-refractivity contribution in [2.45, 2.75) is 13.2 Å². The number of hydrogen-bond acceptors (Lipinski definition) is 5. The molecule has 0 bridgehead atoms. The molecule has 0 N–H and O–H groups in total. The van der Waals surface area contributed by atoms with E-state index in [-0.39, 0.29) is 12.3 Å². The predicted octanol–water partition coefficient (Wildman–Crippen LogP) is 5.29. The van der Waals surface area contributed by atoms with Crippen molar-refractivity contribution in [3.8, 4) is 5.75 Å². The fourth-order valence-corrected chi connectivity index (χ4v) is 2.64. The fraction of sp³-hybridized carbons (Fsp3) is 0.0952. The van der Waals surface area contributed by atoms with Gasteiger partial charge < -0.3 is 9.47 Å². The zero-order valence-electron chi connectivity index (χ0n) is 14.7. The highest BCUT2D eigenvalue weighted by Crippen LogP contribution is 2.18. The normalized spacial score (nSPS) is 10.3. The summed E-state index contributed by atoms with van der Waals surface area (Å²) in [6.45, 7) is 0.436. The zero-order valence-corrected chi connectivity index (χ0v) is 16.3. The SMILES string of the molecule is O=C(OCc1ccc([N+](=O)[O-])cc1)c1ccc(COc2ccc(Br)cc2)cc1. The van der Waals surface area contributed by atoms with E-state index in [0.29, 0.717) is 17.7 Å². The molecule has 0 atom stereocenters. The summed E-state index contributed by atoms with van der Waals surface area (Å²) < 4.78 is 11.9. The van der Waals surface area contributed by atoms with Crippen LogP contribution in [-0.4, -0.2) is 10.9 Å². The average molecular weight is 442 g/mol. The molecule has 3 rings (SSSR count). The second-order valence-corrected chi connectivity index (χ2v) is 6.85. The Morgan fingerprint density at radius 3 is 2.04 bits per heavy atom. The van der Waals surface area contributed by atoms with E-state index in [4.69, 9.17) is 9.47 Å². The number of non-ortho nitro benzene ring substituents is 1. The molecule has 28 heavy (non-hydrogen) atoms. The number of nitrogens with zero attached hydrogens (tertiary/aromatic N) is 1. The maximum atomic E-state index is 12.1. The first-order chi connectivity index (χ1) is 13.5. The topological polar surface area (TPSA) is 78.7 Å². The molecule has 3 aromatic rings. The quantitative estimate of drug-likeness (QED) is 0.282. The minimum absolute atomic E-state index is 0.00368. The van der Waals surface area contributed by atoms with E-state index in [1.54, 1.807) is 36.4 Å². The molecule has 0 saturated heterocycles. The van der Waals surface area contributed by atoms with Crippen LogP contribution in [0.5, 0.6) is 5.75 Å². The molecule has 0 saturated carbocycles. The molecule has 0 aliphatic carbocycles. The van der Waals surface area contributed by atoms with Crippen LogP contribution in [0.15, 0.2) is 77.3 Å². The van der Waals surface area contributed by atoms with Crippen LogP contribution < -0.4 is 4.74 Å². The van der Waals surface area contributed by atoms with Gasteiger partial charge in [-0.1, -0.05) is 28.1 Å². The molecular formula is C21H16BrNO5. The van der Waals surface area contributed by atoms with Crippen molar-refractivity contribution in [2.75, 3.05) is 0 Å². The van der Waals surface area contributed by atoms with Gasteiger partial charge in [-0.15, -0.1) is 0 Å². The van der Waals surface area contributed by atoms with Crippen molar-refractivity contribution in [1.29, 1.82) is 0 Å². The largest absolute Gasteiger partial charge is 0.489 e. The van der Waals surface area contributed by atoms with Crippen LogP contribution in [0.25, 0.3) is 0 Å². The lowest BCUT2D eigenvalue weighted by Crippen LogP contribution is -2.05. The molecule has 0 aliphatic rings. The number of rotatable bonds is 7. The van der Waals surface area contributed by atoms with Gasteiger partial charge in [0.25, 0.3) is 5.69 Å². The number of halogens is 1. The number of carbonyl (C=O) groups is 1. The molecule has 0 heterocycles. The van der Waals surface area contributed by atoms with E-state index in [2.05, 4.69) is 15.9 Å². The molecule has 142 valence electrons. The van der Waals surface area contributed by atoms with Gasteiger partial charge in [0.2, 0.25) is 0 Å². The summed E-state index contributed by atoms with van der Waals surface area (Å²) in [5.41, 5.74) is 2.03. The summed E-state index contributed by atoms with van der Waals surface area (Å²) >= 11 is 3.37. The highest BCUT2D eigenvalue weighted by molar-refractivity contribution is 9.10. The number of nitro benzene ring substituents is 1. The van der Waals surface area contributed by atoms with Crippen LogP contribution >= 0.6 is 15.9 Å². The lowest BCUT2D eigenvalue weighted by Gasteiger charge is -2.08. The lowest BCUT2D eigenvalue weighted by molar-refractivity contribution is -0.384. The van der Waals surface area contributed by atoms with Crippen molar-refractivity contribution in [1.82, 2.24) is 0 Å². The molecule has 6 nitrogen and oxygen atoms in total. The van der Waals surface area contributed by atoms with E-state index in [1.165, 1.54) is 12.1 Å². The van der Waals surface area contributed by atoms with Crippen LogP contribution in [0.4, 0.5) is 5.69 Å². The second-order valence-electron chi connectivity index (χ2n) is 5.94. The first kappa shape index (κ1) is 19.6. The third-order valence-electron chi connectivity index (χ3n) is 3.93. The molecule has 0 unspecified atom stereocenters. The van der Waals surface area contributed by atoms with Crippen molar-refractivity contribution >= 4 is 27.6 Å². The Kier molecular flexibility index (Phi) is 6.39. The van der Waals surface area contributed by atoms with Crippen LogP contribution in [0.1, 0.15) is 21.5 Å². The van der Waals surface area contributed by atoms with Crippen LogP contribution in [0, 0.1) is 10.1 Å². The number of ether oxygens (including phenoxy) is 2. The number of hydrogen-bond donors (Lipinski definition) is 0. The van der Waals surface area contributed by atoms with Crippen molar-refractivity contribution < 1.29 is 19.2 Å². The molecule has 7 heteroatoms. The van der Waals surface area contributed by atoms with Gasteiger partial charge in [0.1, 0.15) is 19.0 Å².